The molecular weight excluding hydrogens is 280 g/mol. The molecule has 0 aliphatic carbocycles. The molecule has 2 nitrogen and oxygen atoms in total. The fourth-order valence-electron chi connectivity index (χ4n) is 2.72. The highest BCUT2D eigenvalue weighted by Crippen LogP contribution is 2.27. The Morgan fingerprint density at radius 1 is 1.10 bits per heavy atom. The minimum absolute atomic E-state index is 0.286. The van der Waals surface area contributed by atoms with E-state index >= 15 is 0 Å². The predicted octanol–water partition coefficient (Wildman–Crippen LogP) is 4.98. The number of aromatic nitrogens is 1. The SMILES string of the molecule is Cc1ccccc1C(C)NCc1[nH]c2ccccc2c1Cl. The average molecular weight is 299 g/mol. The van der Waals surface area contributed by atoms with E-state index in [1.54, 1.807) is 0 Å². The van der Waals surface area contributed by atoms with Crippen LogP contribution in [0.3, 0.4) is 0 Å². The number of nitrogens with one attached hydrogen (secondary N) is 2. The molecule has 21 heavy (non-hydrogen) atoms. The number of hydrogen-bond donors (Lipinski definition) is 2. The second kappa shape index (κ2) is 5.92. The van der Waals surface area contributed by atoms with E-state index in [1.165, 1.54) is 11.1 Å². The van der Waals surface area contributed by atoms with E-state index in [4.69, 9.17) is 11.6 Å². The highest BCUT2D eigenvalue weighted by molar-refractivity contribution is 6.36. The number of benzene rings is 2. The van der Waals surface area contributed by atoms with Gasteiger partial charge in [0.25, 0.3) is 0 Å². The van der Waals surface area contributed by atoms with Gasteiger partial charge in [0.2, 0.25) is 0 Å². The molecule has 0 spiro atoms. The summed E-state index contributed by atoms with van der Waals surface area (Å²) in [6, 6.07) is 16.9. The number of fused-ring (bicyclic) bond motifs is 1. The van der Waals surface area contributed by atoms with Gasteiger partial charge in [0.05, 0.1) is 5.02 Å². The molecule has 3 aromatic rings. The third kappa shape index (κ3) is 2.82. The topological polar surface area (TPSA) is 27.8 Å². The first-order valence-electron chi connectivity index (χ1n) is 7.21. The summed E-state index contributed by atoms with van der Waals surface area (Å²) in [6.45, 7) is 5.05. The molecule has 0 saturated heterocycles. The Hall–Kier alpha value is -1.77. The lowest BCUT2D eigenvalue weighted by atomic mass is 10.0. The lowest BCUT2D eigenvalue weighted by molar-refractivity contribution is 0.567. The standard InChI is InChI=1S/C18H19ClN2/c1-12-7-3-4-8-14(12)13(2)20-11-17-18(19)15-9-5-6-10-16(15)21-17/h3-10,13,20-21H,11H2,1-2H3. The molecule has 108 valence electrons. The number of rotatable bonds is 4. The summed E-state index contributed by atoms with van der Waals surface area (Å²) < 4.78 is 0. The van der Waals surface area contributed by atoms with Crippen molar-refractivity contribution in [2.45, 2.75) is 26.4 Å². The summed E-state index contributed by atoms with van der Waals surface area (Å²) in [4.78, 5) is 3.39. The predicted molar refractivity (Wildman–Crippen MR) is 89.7 cm³/mol. The minimum atomic E-state index is 0.286. The number of aryl methyl sites for hydroxylation is 1. The Bertz CT molecular complexity index is 761. The van der Waals surface area contributed by atoms with Crippen LogP contribution in [0.15, 0.2) is 48.5 Å². The molecule has 0 radical (unpaired) electrons. The van der Waals surface area contributed by atoms with Crippen LogP contribution in [0.5, 0.6) is 0 Å². The highest BCUT2D eigenvalue weighted by atomic mass is 35.5. The molecule has 2 aromatic carbocycles. The molecule has 0 amide bonds. The Morgan fingerprint density at radius 2 is 1.81 bits per heavy atom. The van der Waals surface area contributed by atoms with Crippen molar-refractivity contribution in [3.63, 3.8) is 0 Å². The van der Waals surface area contributed by atoms with Gasteiger partial charge in [-0.2, -0.15) is 0 Å². The lowest BCUT2D eigenvalue weighted by Crippen LogP contribution is -2.19. The zero-order valence-corrected chi connectivity index (χ0v) is 13.0. The molecule has 0 fully saturated rings. The maximum Gasteiger partial charge on any atom is 0.0705 e. The molecule has 3 heteroatoms. The van der Waals surface area contributed by atoms with E-state index in [0.29, 0.717) is 0 Å². The molecule has 0 bridgehead atoms. The second-order valence-corrected chi connectivity index (χ2v) is 5.80. The van der Waals surface area contributed by atoms with Gasteiger partial charge in [0, 0.05) is 29.2 Å². The van der Waals surface area contributed by atoms with Crippen LogP contribution >= 0.6 is 11.6 Å². The van der Waals surface area contributed by atoms with E-state index in [9.17, 15) is 0 Å². The van der Waals surface area contributed by atoms with Gasteiger partial charge in [-0.3, -0.25) is 0 Å². The fraction of sp³-hybridized carbons (Fsp3) is 0.222. The van der Waals surface area contributed by atoms with Crippen molar-refractivity contribution in [3.05, 3.63) is 70.4 Å². The maximum atomic E-state index is 6.45. The van der Waals surface area contributed by atoms with Gasteiger partial charge in [-0.25, -0.2) is 0 Å². The normalized spacial score (nSPS) is 12.7. The minimum Gasteiger partial charge on any atom is -0.356 e. The molecule has 1 unspecified atom stereocenters. The van der Waals surface area contributed by atoms with Gasteiger partial charge in [-0.15, -0.1) is 0 Å². The third-order valence-electron chi connectivity index (χ3n) is 3.95. The maximum absolute atomic E-state index is 6.45. The molecule has 1 aromatic heterocycles. The summed E-state index contributed by atoms with van der Waals surface area (Å²) >= 11 is 6.45. The molecule has 0 saturated carbocycles. The monoisotopic (exact) mass is 298 g/mol. The third-order valence-corrected chi connectivity index (χ3v) is 4.39. The van der Waals surface area contributed by atoms with Crippen LogP contribution in [0.4, 0.5) is 0 Å². The zero-order valence-electron chi connectivity index (χ0n) is 12.3. The van der Waals surface area contributed by atoms with Crippen LogP contribution in [-0.2, 0) is 6.54 Å². The summed E-state index contributed by atoms with van der Waals surface area (Å²) in [6.07, 6.45) is 0. The largest absolute Gasteiger partial charge is 0.356 e. The van der Waals surface area contributed by atoms with Crippen molar-refractivity contribution in [1.29, 1.82) is 0 Å². The Labute approximate surface area is 130 Å². The van der Waals surface area contributed by atoms with Crippen LogP contribution in [0.25, 0.3) is 10.9 Å². The van der Waals surface area contributed by atoms with Crippen LogP contribution in [0, 0.1) is 6.92 Å². The molecule has 3 rings (SSSR count). The van der Waals surface area contributed by atoms with E-state index in [1.807, 2.05) is 18.2 Å². The van der Waals surface area contributed by atoms with E-state index < -0.39 is 0 Å². The van der Waals surface area contributed by atoms with Gasteiger partial charge >= 0.3 is 0 Å². The molecule has 1 heterocycles. The number of H-pyrrole nitrogens is 1. The quantitative estimate of drug-likeness (QED) is 0.698. The Balaban J connectivity index is 1.77. The molecule has 1 atom stereocenters. The lowest BCUT2D eigenvalue weighted by Gasteiger charge is -2.16. The number of para-hydroxylation sites is 1. The first-order chi connectivity index (χ1) is 10.2. The van der Waals surface area contributed by atoms with Gasteiger partial charge in [0.15, 0.2) is 0 Å². The first kappa shape index (κ1) is 14.2. The van der Waals surface area contributed by atoms with Crippen LogP contribution in [-0.4, -0.2) is 4.98 Å². The van der Waals surface area contributed by atoms with E-state index in [2.05, 4.69) is 54.5 Å². The summed E-state index contributed by atoms with van der Waals surface area (Å²) in [5.74, 6) is 0. The van der Waals surface area contributed by atoms with Crippen molar-refractivity contribution >= 4 is 22.5 Å². The van der Waals surface area contributed by atoms with Crippen molar-refractivity contribution in [1.82, 2.24) is 10.3 Å². The zero-order chi connectivity index (χ0) is 14.8. The summed E-state index contributed by atoms with van der Waals surface area (Å²) in [5, 5.41) is 5.44. The number of halogens is 1. The van der Waals surface area contributed by atoms with Crippen molar-refractivity contribution in [2.24, 2.45) is 0 Å². The second-order valence-electron chi connectivity index (χ2n) is 5.42. The van der Waals surface area contributed by atoms with Gasteiger partial charge in [0.1, 0.15) is 0 Å². The number of aromatic amines is 1. The first-order valence-corrected chi connectivity index (χ1v) is 7.58. The van der Waals surface area contributed by atoms with E-state index in [0.717, 1.165) is 28.2 Å². The van der Waals surface area contributed by atoms with Crippen molar-refractivity contribution < 1.29 is 0 Å². The Kier molecular flexibility index (Phi) is 4.00. The van der Waals surface area contributed by atoms with Gasteiger partial charge in [-0.1, -0.05) is 54.1 Å². The van der Waals surface area contributed by atoms with Crippen molar-refractivity contribution in [2.75, 3.05) is 0 Å². The van der Waals surface area contributed by atoms with Crippen LogP contribution in [0.1, 0.15) is 29.8 Å². The Morgan fingerprint density at radius 3 is 2.57 bits per heavy atom. The van der Waals surface area contributed by atoms with E-state index in [-0.39, 0.29) is 6.04 Å². The fourth-order valence-corrected chi connectivity index (χ4v) is 3.00. The number of hydrogen-bond acceptors (Lipinski definition) is 1. The summed E-state index contributed by atoms with van der Waals surface area (Å²) in [5.41, 5.74) is 4.76. The molecule has 0 aliphatic rings. The van der Waals surface area contributed by atoms with Crippen LogP contribution in [0.2, 0.25) is 5.02 Å². The molecular formula is C18H19ClN2. The average Bonchev–Trinajstić information content (AvgIpc) is 2.82. The molecule has 2 N–H and O–H groups in total. The molecule has 0 aliphatic heterocycles. The smallest absolute Gasteiger partial charge is 0.0705 e. The highest BCUT2D eigenvalue weighted by Gasteiger charge is 2.11. The van der Waals surface area contributed by atoms with Crippen molar-refractivity contribution in [3.8, 4) is 0 Å². The summed E-state index contributed by atoms with van der Waals surface area (Å²) in [7, 11) is 0. The van der Waals surface area contributed by atoms with Gasteiger partial charge in [-0.05, 0) is 31.0 Å². The van der Waals surface area contributed by atoms with Gasteiger partial charge < -0.3 is 10.3 Å². The van der Waals surface area contributed by atoms with Crippen LogP contribution < -0.4 is 5.32 Å².